The van der Waals surface area contributed by atoms with Crippen LogP contribution in [0.15, 0.2) is 41.7 Å². The maximum absolute atomic E-state index is 13.0. The monoisotopic (exact) mass is 431 g/mol. The number of halogens is 4. The maximum atomic E-state index is 13.0. The van der Waals surface area contributed by atoms with E-state index < -0.39 is 17.7 Å². The quantitative estimate of drug-likeness (QED) is 0.328. The topological polar surface area (TPSA) is 65.7 Å². The van der Waals surface area contributed by atoms with Gasteiger partial charge in [-0.25, -0.2) is 4.79 Å². The number of methoxy groups -OCH3 is 1. The van der Waals surface area contributed by atoms with E-state index in [9.17, 15) is 18.0 Å². The lowest BCUT2D eigenvalue weighted by Crippen LogP contribution is -2.07. The second-order valence-electron chi connectivity index (χ2n) is 5.47. The van der Waals surface area contributed by atoms with E-state index in [-0.39, 0.29) is 22.4 Å². The molecule has 0 aliphatic heterocycles. The van der Waals surface area contributed by atoms with Gasteiger partial charge in [0.15, 0.2) is 10.8 Å². The Kier molecular flexibility index (Phi) is 5.99. The molecule has 0 fully saturated rings. The molecule has 11 heteroatoms. The molecule has 3 aromatic rings. The molecule has 0 radical (unpaired) electrons. The number of aromatic nitrogens is 3. The van der Waals surface area contributed by atoms with Gasteiger partial charge in [-0.3, -0.25) is 4.40 Å². The molecule has 2 heterocycles. The summed E-state index contributed by atoms with van der Waals surface area (Å²) in [6.07, 6.45) is -3.62. The second kappa shape index (κ2) is 8.27. The Hall–Kier alpha value is -2.46. The first-order valence-electron chi connectivity index (χ1n) is 7.85. The Bertz CT molecular complexity index is 1010. The summed E-state index contributed by atoms with van der Waals surface area (Å²) in [5.74, 6) is 0.376. The number of carbonyl (C=O) groups is 1. The van der Waals surface area contributed by atoms with Gasteiger partial charge in [-0.1, -0.05) is 29.4 Å². The van der Waals surface area contributed by atoms with Gasteiger partial charge in [0, 0.05) is 11.9 Å². The van der Waals surface area contributed by atoms with Crippen LogP contribution < -0.4 is 4.74 Å². The highest BCUT2D eigenvalue weighted by molar-refractivity contribution is 7.99. The third kappa shape index (κ3) is 4.50. The van der Waals surface area contributed by atoms with Gasteiger partial charge in [0.25, 0.3) is 0 Å². The second-order valence-corrected chi connectivity index (χ2v) is 6.94. The predicted octanol–water partition coefficient (Wildman–Crippen LogP) is 4.36. The first-order valence-corrected chi connectivity index (χ1v) is 9.21. The molecule has 3 rings (SSSR count). The van der Waals surface area contributed by atoms with Crippen molar-refractivity contribution in [3.05, 3.63) is 52.7 Å². The summed E-state index contributed by atoms with van der Waals surface area (Å²) >= 11 is 7.05. The van der Waals surface area contributed by atoms with E-state index in [0.29, 0.717) is 17.1 Å². The fourth-order valence-corrected chi connectivity index (χ4v) is 3.28. The van der Waals surface area contributed by atoms with Gasteiger partial charge in [0.2, 0.25) is 0 Å². The van der Waals surface area contributed by atoms with Gasteiger partial charge in [0.1, 0.15) is 5.75 Å². The normalized spacial score (nSPS) is 11.6. The molecule has 0 unspecified atom stereocenters. The maximum Gasteiger partial charge on any atom is 0.417 e. The summed E-state index contributed by atoms with van der Waals surface area (Å²) < 4.78 is 50.3. The number of hydrogen-bond acceptors (Lipinski definition) is 6. The summed E-state index contributed by atoms with van der Waals surface area (Å²) in [5, 5.41) is 7.82. The number of ether oxygens (including phenoxy) is 2. The van der Waals surface area contributed by atoms with E-state index in [0.717, 1.165) is 12.3 Å². The lowest BCUT2D eigenvalue weighted by Gasteiger charge is -2.09. The Morgan fingerprint density at radius 1 is 1.29 bits per heavy atom. The first-order chi connectivity index (χ1) is 13.3. The molecule has 148 valence electrons. The zero-order valence-electron chi connectivity index (χ0n) is 14.4. The van der Waals surface area contributed by atoms with Crippen molar-refractivity contribution in [2.24, 2.45) is 0 Å². The molecule has 0 bridgehead atoms. The van der Waals surface area contributed by atoms with Crippen molar-refractivity contribution in [2.75, 3.05) is 19.5 Å². The minimum absolute atomic E-state index is 0.134. The molecule has 1 aromatic carbocycles. The molecule has 0 N–H and O–H groups in total. The van der Waals surface area contributed by atoms with E-state index >= 15 is 0 Å². The highest BCUT2D eigenvalue weighted by atomic mass is 35.5. The fourth-order valence-electron chi connectivity index (χ4n) is 2.31. The average Bonchev–Trinajstić information content (AvgIpc) is 3.08. The van der Waals surface area contributed by atoms with Gasteiger partial charge in [-0.05, 0) is 24.3 Å². The molecule has 0 saturated heterocycles. The van der Waals surface area contributed by atoms with Gasteiger partial charge >= 0.3 is 12.1 Å². The van der Waals surface area contributed by atoms with E-state index in [4.69, 9.17) is 16.3 Å². The van der Waals surface area contributed by atoms with Crippen molar-refractivity contribution in [3.8, 4) is 5.75 Å². The van der Waals surface area contributed by atoms with Crippen molar-refractivity contribution >= 4 is 35.0 Å². The number of thioether (sulfide) groups is 1. The zero-order chi connectivity index (χ0) is 20.3. The summed E-state index contributed by atoms with van der Waals surface area (Å²) in [6.45, 7) is 0.233. The van der Waals surface area contributed by atoms with Crippen LogP contribution in [-0.4, -0.2) is 40.0 Å². The standard InChI is InChI=1S/C17H13ClF3N3O3S/c1-26-15(25)10-3-2-4-12(7-10)27-5-6-28-16-23-22-14-13(18)8-11(9-24(14)16)17(19,20)21/h2-4,7-9H,5-6H2,1H3. The van der Waals surface area contributed by atoms with Crippen LogP contribution in [0.25, 0.3) is 5.65 Å². The molecule has 0 aliphatic carbocycles. The van der Waals surface area contributed by atoms with E-state index in [1.165, 1.54) is 23.3 Å². The van der Waals surface area contributed by atoms with Crippen LogP contribution in [0, 0.1) is 0 Å². The summed E-state index contributed by atoms with van der Waals surface area (Å²) in [4.78, 5) is 11.5. The number of fused-ring (bicyclic) bond motifs is 1. The molecule has 0 aliphatic rings. The van der Waals surface area contributed by atoms with Crippen LogP contribution in [-0.2, 0) is 10.9 Å². The van der Waals surface area contributed by atoms with Crippen molar-refractivity contribution < 1.29 is 27.4 Å². The summed E-state index contributed by atoms with van der Waals surface area (Å²) in [7, 11) is 1.28. The number of carbonyl (C=O) groups excluding carboxylic acids is 1. The van der Waals surface area contributed by atoms with E-state index in [2.05, 4.69) is 14.9 Å². The molecule has 0 amide bonds. The van der Waals surface area contributed by atoms with Crippen molar-refractivity contribution in [1.29, 1.82) is 0 Å². The Labute approximate surface area is 166 Å². The molecule has 28 heavy (non-hydrogen) atoms. The molecule has 6 nitrogen and oxygen atoms in total. The van der Waals surface area contributed by atoms with Gasteiger partial charge in [-0.15, -0.1) is 10.2 Å². The third-order valence-corrected chi connectivity index (χ3v) is 4.78. The van der Waals surface area contributed by atoms with Gasteiger partial charge in [-0.2, -0.15) is 13.2 Å². The van der Waals surface area contributed by atoms with E-state index in [1.807, 2.05) is 0 Å². The molecule has 0 saturated carbocycles. The van der Waals surface area contributed by atoms with Gasteiger partial charge < -0.3 is 9.47 Å². The van der Waals surface area contributed by atoms with Crippen LogP contribution >= 0.6 is 23.4 Å². The number of rotatable bonds is 6. The number of pyridine rings is 1. The number of nitrogens with zero attached hydrogens (tertiary/aromatic N) is 3. The minimum Gasteiger partial charge on any atom is -0.493 e. The number of esters is 1. The van der Waals surface area contributed by atoms with E-state index in [1.54, 1.807) is 24.3 Å². The third-order valence-electron chi connectivity index (χ3n) is 3.59. The molecular weight excluding hydrogens is 419 g/mol. The van der Waals surface area contributed by atoms with Crippen molar-refractivity contribution in [1.82, 2.24) is 14.6 Å². The van der Waals surface area contributed by atoms with Gasteiger partial charge in [0.05, 0.1) is 29.9 Å². The molecule has 0 spiro atoms. The van der Waals surface area contributed by atoms with Crippen LogP contribution in [0.3, 0.4) is 0 Å². The highest BCUT2D eigenvalue weighted by Gasteiger charge is 2.32. The van der Waals surface area contributed by atoms with Crippen LogP contribution in [0.5, 0.6) is 5.75 Å². The van der Waals surface area contributed by atoms with Crippen LogP contribution in [0.2, 0.25) is 5.02 Å². The smallest absolute Gasteiger partial charge is 0.417 e. The van der Waals surface area contributed by atoms with Crippen LogP contribution in [0.1, 0.15) is 15.9 Å². The summed E-state index contributed by atoms with van der Waals surface area (Å²) in [5.41, 5.74) is -0.392. The average molecular weight is 432 g/mol. The number of benzene rings is 1. The number of hydrogen-bond donors (Lipinski definition) is 0. The predicted molar refractivity (Wildman–Crippen MR) is 97.0 cm³/mol. The number of alkyl halides is 3. The highest BCUT2D eigenvalue weighted by Crippen LogP contribution is 2.33. The van der Waals surface area contributed by atoms with Crippen molar-refractivity contribution in [2.45, 2.75) is 11.3 Å². The van der Waals surface area contributed by atoms with Crippen LogP contribution in [0.4, 0.5) is 13.2 Å². The fraction of sp³-hybridized carbons (Fsp3) is 0.235. The Morgan fingerprint density at radius 3 is 2.79 bits per heavy atom. The lowest BCUT2D eigenvalue weighted by molar-refractivity contribution is -0.137. The first kappa shape index (κ1) is 20.3. The SMILES string of the molecule is COC(=O)c1cccc(OCCSc2nnc3c(Cl)cc(C(F)(F)F)cn23)c1. The molecule has 2 aromatic heterocycles. The Balaban J connectivity index is 1.66. The lowest BCUT2D eigenvalue weighted by atomic mass is 10.2. The molecule has 0 atom stereocenters. The molecular formula is C17H13ClF3N3O3S. The Morgan fingerprint density at radius 2 is 2.07 bits per heavy atom. The zero-order valence-corrected chi connectivity index (χ0v) is 15.9. The van der Waals surface area contributed by atoms with Crippen molar-refractivity contribution in [3.63, 3.8) is 0 Å². The minimum atomic E-state index is -4.53. The summed E-state index contributed by atoms with van der Waals surface area (Å²) in [6, 6.07) is 7.29. The largest absolute Gasteiger partial charge is 0.493 e.